The number of hydrogen-bond acceptors (Lipinski definition) is 5. The fourth-order valence-corrected chi connectivity index (χ4v) is 2.63. The van der Waals surface area contributed by atoms with Gasteiger partial charge in [-0.15, -0.1) is 11.3 Å². The summed E-state index contributed by atoms with van der Waals surface area (Å²) < 4.78 is 36.5. The van der Waals surface area contributed by atoms with E-state index >= 15 is 0 Å². The zero-order chi connectivity index (χ0) is 16.2. The van der Waals surface area contributed by atoms with E-state index in [2.05, 4.69) is 10.3 Å². The van der Waals surface area contributed by atoms with Crippen LogP contribution in [0.25, 0.3) is 0 Å². The molecule has 1 saturated heterocycles. The summed E-state index contributed by atoms with van der Waals surface area (Å²) in [5.74, 6) is -1.15. The van der Waals surface area contributed by atoms with Crippen molar-refractivity contribution in [2.45, 2.75) is 12.6 Å². The molecule has 0 spiro atoms. The Bertz CT molecular complexity index is 513. The Balaban J connectivity index is 1.73. The van der Waals surface area contributed by atoms with Gasteiger partial charge in [0.15, 0.2) is 5.13 Å². The van der Waals surface area contributed by atoms with E-state index in [1.807, 2.05) is 0 Å². The average molecular weight is 336 g/mol. The predicted molar refractivity (Wildman–Crippen MR) is 74.4 cm³/mol. The molecule has 2 amide bonds. The van der Waals surface area contributed by atoms with E-state index < -0.39 is 18.5 Å². The van der Waals surface area contributed by atoms with E-state index in [0.29, 0.717) is 18.2 Å². The lowest BCUT2D eigenvalue weighted by Crippen LogP contribution is -2.51. The van der Waals surface area contributed by atoms with Crippen LogP contribution in [0.1, 0.15) is 6.42 Å². The fourth-order valence-electron chi connectivity index (χ4n) is 2.09. The summed E-state index contributed by atoms with van der Waals surface area (Å²) in [6.07, 6.45) is -4.34. The van der Waals surface area contributed by atoms with Gasteiger partial charge in [0, 0.05) is 37.8 Å². The van der Waals surface area contributed by atoms with Gasteiger partial charge in [-0.2, -0.15) is 13.2 Å². The largest absolute Gasteiger partial charge is 0.397 e. The summed E-state index contributed by atoms with van der Waals surface area (Å²) in [4.78, 5) is 30.1. The van der Waals surface area contributed by atoms with E-state index in [1.165, 1.54) is 16.2 Å². The molecule has 0 atom stereocenters. The number of nitrogens with zero attached hydrogens (tertiary/aromatic N) is 3. The van der Waals surface area contributed by atoms with Gasteiger partial charge < -0.3 is 10.2 Å². The molecule has 1 fully saturated rings. The number of rotatable bonds is 4. The first kappa shape index (κ1) is 16.7. The molecule has 10 heteroatoms. The monoisotopic (exact) mass is 336 g/mol. The van der Waals surface area contributed by atoms with Crippen LogP contribution in [0.5, 0.6) is 0 Å². The number of hydrogen-bond donors (Lipinski definition) is 1. The molecule has 0 unspecified atom stereocenters. The number of alkyl halides is 3. The van der Waals surface area contributed by atoms with Gasteiger partial charge in [-0.25, -0.2) is 4.98 Å². The zero-order valence-corrected chi connectivity index (χ0v) is 12.4. The number of nitrogens with one attached hydrogen (secondary N) is 1. The molecule has 22 heavy (non-hydrogen) atoms. The summed E-state index contributed by atoms with van der Waals surface area (Å²) in [5.41, 5.74) is 0. The SMILES string of the molecule is O=C(CN1CCN(C(=O)CC(F)(F)F)CC1)Nc1nccs1. The van der Waals surface area contributed by atoms with Crippen molar-refractivity contribution in [1.82, 2.24) is 14.8 Å². The van der Waals surface area contributed by atoms with Crippen molar-refractivity contribution in [1.29, 1.82) is 0 Å². The number of amides is 2. The third-order valence-electron chi connectivity index (χ3n) is 3.12. The quantitative estimate of drug-likeness (QED) is 0.897. The molecule has 1 aliphatic rings. The predicted octanol–water partition coefficient (Wildman–Crippen LogP) is 1.18. The molecular formula is C12H15F3N4O2S. The van der Waals surface area contributed by atoms with Crippen molar-refractivity contribution < 1.29 is 22.8 Å². The molecule has 1 aromatic rings. The molecule has 1 aliphatic heterocycles. The number of carbonyl (C=O) groups excluding carboxylic acids is 2. The number of carbonyl (C=O) groups is 2. The molecule has 0 aromatic carbocycles. The number of halogens is 3. The first-order chi connectivity index (χ1) is 10.3. The standard InChI is InChI=1S/C12H15F3N4O2S/c13-12(14,15)7-10(21)19-4-2-18(3-5-19)8-9(20)17-11-16-1-6-22-11/h1,6H,2-5,7-8H2,(H,16,17,20). The number of anilines is 1. The first-order valence-corrected chi connectivity index (χ1v) is 7.48. The summed E-state index contributed by atoms with van der Waals surface area (Å²) in [6, 6.07) is 0. The summed E-state index contributed by atoms with van der Waals surface area (Å²) >= 11 is 1.30. The maximum absolute atomic E-state index is 12.2. The van der Waals surface area contributed by atoms with Crippen molar-refractivity contribution in [2.75, 3.05) is 38.0 Å². The molecule has 1 aromatic heterocycles. The lowest BCUT2D eigenvalue weighted by atomic mass is 10.2. The van der Waals surface area contributed by atoms with Crippen LogP contribution in [0.2, 0.25) is 0 Å². The minimum Gasteiger partial charge on any atom is -0.340 e. The van der Waals surface area contributed by atoms with Gasteiger partial charge in [0.05, 0.1) is 6.54 Å². The summed E-state index contributed by atoms with van der Waals surface area (Å²) in [6.45, 7) is 1.25. The van der Waals surface area contributed by atoms with Crippen molar-refractivity contribution >= 4 is 28.3 Å². The van der Waals surface area contributed by atoms with E-state index in [4.69, 9.17) is 0 Å². The Kier molecular flexibility index (Phi) is 5.35. The second-order valence-electron chi connectivity index (χ2n) is 4.83. The second-order valence-corrected chi connectivity index (χ2v) is 5.73. The van der Waals surface area contributed by atoms with E-state index in [9.17, 15) is 22.8 Å². The first-order valence-electron chi connectivity index (χ1n) is 6.60. The van der Waals surface area contributed by atoms with Crippen molar-refractivity contribution in [3.05, 3.63) is 11.6 Å². The highest BCUT2D eigenvalue weighted by atomic mass is 32.1. The lowest BCUT2D eigenvalue weighted by molar-refractivity contribution is -0.162. The van der Waals surface area contributed by atoms with Crippen LogP contribution in [0.3, 0.4) is 0 Å². The van der Waals surface area contributed by atoms with Crippen molar-refractivity contribution in [3.8, 4) is 0 Å². The van der Waals surface area contributed by atoms with Gasteiger partial charge in [-0.05, 0) is 0 Å². The highest BCUT2D eigenvalue weighted by Gasteiger charge is 2.34. The van der Waals surface area contributed by atoms with Crippen LogP contribution >= 0.6 is 11.3 Å². The van der Waals surface area contributed by atoms with Crippen molar-refractivity contribution in [3.63, 3.8) is 0 Å². The van der Waals surface area contributed by atoms with Crippen LogP contribution in [0.15, 0.2) is 11.6 Å². The van der Waals surface area contributed by atoms with E-state index in [1.54, 1.807) is 16.5 Å². The van der Waals surface area contributed by atoms with E-state index in [0.717, 1.165) is 0 Å². The minimum atomic E-state index is -4.48. The molecule has 122 valence electrons. The molecule has 0 bridgehead atoms. The molecule has 1 N–H and O–H groups in total. The highest BCUT2D eigenvalue weighted by Crippen LogP contribution is 2.21. The number of piperazine rings is 1. The minimum absolute atomic E-state index is 0.126. The highest BCUT2D eigenvalue weighted by molar-refractivity contribution is 7.13. The van der Waals surface area contributed by atoms with Crippen LogP contribution in [-0.4, -0.2) is 65.5 Å². The number of aromatic nitrogens is 1. The van der Waals surface area contributed by atoms with Crippen LogP contribution in [0.4, 0.5) is 18.3 Å². The number of thiazole rings is 1. The lowest BCUT2D eigenvalue weighted by Gasteiger charge is -2.34. The molecule has 2 heterocycles. The van der Waals surface area contributed by atoms with Gasteiger partial charge in [-0.1, -0.05) is 0 Å². The van der Waals surface area contributed by atoms with Crippen LogP contribution < -0.4 is 5.32 Å². The Morgan fingerprint density at radius 3 is 2.50 bits per heavy atom. The summed E-state index contributed by atoms with van der Waals surface area (Å²) in [7, 11) is 0. The molecule has 0 radical (unpaired) electrons. The average Bonchev–Trinajstić information content (AvgIpc) is 2.90. The maximum atomic E-state index is 12.2. The topological polar surface area (TPSA) is 65.5 Å². The Morgan fingerprint density at radius 2 is 1.95 bits per heavy atom. The van der Waals surface area contributed by atoms with Crippen molar-refractivity contribution in [2.24, 2.45) is 0 Å². The van der Waals surface area contributed by atoms with Gasteiger partial charge in [0.25, 0.3) is 0 Å². The van der Waals surface area contributed by atoms with Gasteiger partial charge in [0.1, 0.15) is 6.42 Å². The van der Waals surface area contributed by atoms with Gasteiger partial charge >= 0.3 is 6.18 Å². The Hall–Kier alpha value is -1.68. The third kappa shape index (κ3) is 5.26. The molecule has 0 saturated carbocycles. The Morgan fingerprint density at radius 1 is 1.27 bits per heavy atom. The fraction of sp³-hybridized carbons (Fsp3) is 0.583. The third-order valence-corrected chi connectivity index (χ3v) is 3.81. The van der Waals surface area contributed by atoms with Crippen LogP contribution in [0, 0.1) is 0 Å². The molecule has 6 nitrogen and oxygen atoms in total. The molecular weight excluding hydrogens is 321 g/mol. The maximum Gasteiger partial charge on any atom is 0.397 e. The van der Waals surface area contributed by atoms with Gasteiger partial charge in [0.2, 0.25) is 11.8 Å². The zero-order valence-electron chi connectivity index (χ0n) is 11.6. The second kappa shape index (κ2) is 7.05. The van der Waals surface area contributed by atoms with Gasteiger partial charge in [-0.3, -0.25) is 14.5 Å². The normalized spacial score (nSPS) is 16.6. The Labute approximate surface area is 128 Å². The smallest absolute Gasteiger partial charge is 0.340 e. The molecule has 2 rings (SSSR count). The van der Waals surface area contributed by atoms with Crippen LogP contribution in [-0.2, 0) is 9.59 Å². The summed E-state index contributed by atoms with van der Waals surface area (Å²) in [5, 5.41) is 4.87. The van der Waals surface area contributed by atoms with E-state index in [-0.39, 0.29) is 25.5 Å². The molecule has 0 aliphatic carbocycles.